The van der Waals surface area contributed by atoms with Crippen LogP contribution in [0.2, 0.25) is 0 Å². The molecule has 0 spiro atoms. The Morgan fingerprint density at radius 2 is 2.18 bits per heavy atom. The van der Waals surface area contributed by atoms with Crippen LogP contribution in [0.5, 0.6) is 0 Å². The number of hydrogen-bond donors (Lipinski definition) is 1. The first-order valence-corrected chi connectivity index (χ1v) is 6.18. The molecule has 4 heteroatoms. The molecule has 0 amide bonds. The van der Waals surface area contributed by atoms with Gasteiger partial charge in [0.2, 0.25) is 0 Å². The molecule has 0 aliphatic carbocycles. The van der Waals surface area contributed by atoms with Gasteiger partial charge < -0.3 is 19.4 Å². The van der Waals surface area contributed by atoms with E-state index >= 15 is 0 Å². The standard InChI is InChI=1S/C13H24N2O2/c1-12(2)17-9-7-15-6-4-13(11-15)10-14-5-8-16-3/h4,6,11-12,14H,5,7-10H2,1-3H3. The van der Waals surface area contributed by atoms with E-state index in [1.54, 1.807) is 7.11 Å². The highest BCUT2D eigenvalue weighted by atomic mass is 16.5. The van der Waals surface area contributed by atoms with Gasteiger partial charge in [0, 0.05) is 39.1 Å². The Hall–Kier alpha value is -0.840. The maximum atomic E-state index is 5.52. The van der Waals surface area contributed by atoms with Crippen LogP contribution in [0.1, 0.15) is 19.4 Å². The predicted molar refractivity (Wildman–Crippen MR) is 69.1 cm³/mol. The van der Waals surface area contributed by atoms with Crippen LogP contribution in [0.25, 0.3) is 0 Å². The molecule has 0 radical (unpaired) electrons. The summed E-state index contributed by atoms with van der Waals surface area (Å²) in [6, 6.07) is 2.13. The van der Waals surface area contributed by atoms with E-state index in [0.29, 0.717) is 6.10 Å². The highest BCUT2D eigenvalue weighted by Crippen LogP contribution is 2.01. The van der Waals surface area contributed by atoms with E-state index in [0.717, 1.165) is 32.8 Å². The lowest BCUT2D eigenvalue weighted by atomic mass is 10.3. The van der Waals surface area contributed by atoms with Crippen molar-refractivity contribution in [3.63, 3.8) is 0 Å². The van der Waals surface area contributed by atoms with Crippen molar-refractivity contribution in [2.75, 3.05) is 26.9 Å². The van der Waals surface area contributed by atoms with E-state index in [2.05, 4.69) is 42.2 Å². The Balaban J connectivity index is 2.18. The smallest absolute Gasteiger partial charge is 0.0648 e. The molecular formula is C13H24N2O2. The lowest BCUT2D eigenvalue weighted by Crippen LogP contribution is -2.18. The molecule has 17 heavy (non-hydrogen) atoms. The number of nitrogens with one attached hydrogen (secondary N) is 1. The van der Waals surface area contributed by atoms with Crippen molar-refractivity contribution in [2.45, 2.75) is 33.0 Å². The number of aromatic nitrogens is 1. The fourth-order valence-corrected chi connectivity index (χ4v) is 1.53. The Morgan fingerprint density at radius 1 is 1.35 bits per heavy atom. The second-order valence-electron chi connectivity index (χ2n) is 4.35. The summed E-state index contributed by atoms with van der Waals surface area (Å²) >= 11 is 0. The SMILES string of the molecule is COCCNCc1ccn(CCOC(C)C)c1. The first kappa shape index (κ1) is 14.2. The lowest BCUT2D eigenvalue weighted by Gasteiger charge is -2.07. The molecule has 0 saturated carbocycles. The van der Waals surface area contributed by atoms with E-state index in [4.69, 9.17) is 9.47 Å². The monoisotopic (exact) mass is 240 g/mol. The number of ether oxygens (including phenoxy) is 2. The van der Waals surface area contributed by atoms with E-state index in [1.807, 2.05) is 0 Å². The van der Waals surface area contributed by atoms with E-state index in [1.165, 1.54) is 5.56 Å². The number of methoxy groups -OCH3 is 1. The number of hydrogen-bond acceptors (Lipinski definition) is 3. The van der Waals surface area contributed by atoms with Crippen LogP contribution in [0.4, 0.5) is 0 Å². The van der Waals surface area contributed by atoms with Gasteiger partial charge in [0.25, 0.3) is 0 Å². The average Bonchev–Trinajstić information content (AvgIpc) is 2.72. The molecule has 0 atom stereocenters. The van der Waals surface area contributed by atoms with Gasteiger partial charge in [-0.25, -0.2) is 0 Å². The van der Waals surface area contributed by atoms with E-state index in [-0.39, 0.29) is 0 Å². The van der Waals surface area contributed by atoms with Crippen molar-refractivity contribution in [3.8, 4) is 0 Å². The summed E-state index contributed by atoms with van der Waals surface area (Å²) in [5.74, 6) is 0. The largest absolute Gasteiger partial charge is 0.383 e. The average molecular weight is 240 g/mol. The Bertz CT molecular complexity index is 297. The molecule has 0 aliphatic rings. The first-order chi connectivity index (χ1) is 8.22. The summed E-state index contributed by atoms with van der Waals surface area (Å²) < 4.78 is 12.7. The Morgan fingerprint density at radius 3 is 2.88 bits per heavy atom. The summed E-state index contributed by atoms with van der Waals surface area (Å²) in [5.41, 5.74) is 1.30. The highest BCUT2D eigenvalue weighted by Gasteiger charge is 1.98. The van der Waals surface area contributed by atoms with Crippen LogP contribution < -0.4 is 5.32 Å². The fraction of sp³-hybridized carbons (Fsp3) is 0.692. The van der Waals surface area contributed by atoms with Gasteiger partial charge in [0.05, 0.1) is 19.3 Å². The van der Waals surface area contributed by atoms with Gasteiger partial charge in [-0.15, -0.1) is 0 Å². The van der Waals surface area contributed by atoms with Gasteiger partial charge in [0.15, 0.2) is 0 Å². The van der Waals surface area contributed by atoms with Crippen LogP contribution >= 0.6 is 0 Å². The van der Waals surface area contributed by atoms with Gasteiger partial charge in [-0.1, -0.05) is 0 Å². The van der Waals surface area contributed by atoms with Crippen LogP contribution in [0.15, 0.2) is 18.5 Å². The van der Waals surface area contributed by atoms with Crippen molar-refractivity contribution < 1.29 is 9.47 Å². The van der Waals surface area contributed by atoms with E-state index < -0.39 is 0 Å². The molecule has 0 saturated heterocycles. The zero-order chi connectivity index (χ0) is 12.5. The summed E-state index contributed by atoms with van der Waals surface area (Å²) in [4.78, 5) is 0. The molecule has 1 N–H and O–H groups in total. The molecule has 1 heterocycles. The van der Waals surface area contributed by atoms with Crippen molar-refractivity contribution >= 4 is 0 Å². The second-order valence-corrected chi connectivity index (χ2v) is 4.35. The van der Waals surface area contributed by atoms with Crippen LogP contribution in [-0.2, 0) is 22.6 Å². The van der Waals surface area contributed by atoms with Crippen molar-refractivity contribution in [1.29, 1.82) is 0 Å². The van der Waals surface area contributed by atoms with Gasteiger partial charge >= 0.3 is 0 Å². The maximum Gasteiger partial charge on any atom is 0.0648 e. The molecule has 0 fully saturated rings. The van der Waals surface area contributed by atoms with Crippen molar-refractivity contribution in [3.05, 3.63) is 24.0 Å². The highest BCUT2D eigenvalue weighted by molar-refractivity contribution is 5.09. The predicted octanol–water partition coefficient (Wildman–Crippen LogP) is 1.65. The molecule has 98 valence electrons. The topological polar surface area (TPSA) is 35.4 Å². The van der Waals surface area contributed by atoms with Crippen molar-refractivity contribution in [2.24, 2.45) is 0 Å². The third kappa shape index (κ3) is 6.46. The van der Waals surface area contributed by atoms with Gasteiger partial charge in [-0.05, 0) is 25.5 Å². The van der Waals surface area contributed by atoms with Gasteiger partial charge in [0.1, 0.15) is 0 Å². The maximum absolute atomic E-state index is 5.52. The quantitative estimate of drug-likeness (QED) is 0.667. The van der Waals surface area contributed by atoms with Gasteiger partial charge in [-0.2, -0.15) is 0 Å². The minimum Gasteiger partial charge on any atom is -0.383 e. The lowest BCUT2D eigenvalue weighted by molar-refractivity contribution is 0.0728. The minimum absolute atomic E-state index is 0.306. The molecule has 4 nitrogen and oxygen atoms in total. The van der Waals surface area contributed by atoms with Crippen LogP contribution in [0, 0.1) is 0 Å². The first-order valence-electron chi connectivity index (χ1n) is 6.18. The van der Waals surface area contributed by atoms with E-state index in [9.17, 15) is 0 Å². The third-order valence-corrected chi connectivity index (χ3v) is 2.42. The minimum atomic E-state index is 0.306. The third-order valence-electron chi connectivity index (χ3n) is 2.42. The molecule has 0 unspecified atom stereocenters. The molecular weight excluding hydrogens is 216 g/mol. The fourth-order valence-electron chi connectivity index (χ4n) is 1.53. The zero-order valence-electron chi connectivity index (χ0n) is 11.1. The molecule has 1 aromatic rings. The molecule has 1 rings (SSSR count). The number of rotatable bonds is 9. The Labute approximate surface area is 104 Å². The molecule has 0 bridgehead atoms. The summed E-state index contributed by atoms with van der Waals surface area (Å²) in [5, 5.41) is 3.32. The number of nitrogens with zero attached hydrogens (tertiary/aromatic N) is 1. The normalized spacial score (nSPS) is 11.3. The van der Waals surface area contributed by atoms with Crippen LogP contribution in [-0.4, -0.2) is 37.5 Å². The van der Waals surface area contributed by atoms with Crippen molar-refractivity contribution in [1.82, 2.24) is 9.88 Å². The molecule has 0 aromatic carbocycles. The summed E-state index contributed by atoms with van der Waals surface area (Å²) in [6.45, 7) is 8.32. The molecule has 0 aliphatic heterocycles. The van der Waals surface area contributed by atoms with Crippen LogP contribution in [0.3, 0.4) is 0 Å². The summed E-state index contributed by atoms with van der Waals surface area (Å²) in [7, 11) is 1.72. The zero-order valence-corrected chi connectivity index (χ0v) is 11.1. The Kier molecular flexibility index (Phi) is 6.93. The second kappa shape index (κ2) is 8.28. The van der Waals surface area contributed by atoms with Gasteiger partial charge in [-0.3, -0.25) is 0 Å². The summed E-state index contributed by atoms with van der Waals surface area (Å²) in [6.07, 6.45) is 4.56. The molecule has 1 aromatic heterocycles.